The van der Waals surface area contributed by atoms with Gasteiger partial charge in [-0.3, -0.25) is 4.79 Å². The lowest BCUT2D eigenvalue weighted by molar-refractivity contribution is -0.123. The maximum atomic E-state index is 13.0. The van der Waals surface area contributed by atoms with Gasteiger partial charge in [-0.2, -0.15) is 0 Å². The Morgan fingerprint density at radius 3 is 2.76 bits per heavy atom. The fraction of sp³-hybridized carbons (Fsp3) is 0.222. The molecule has 5 nitrogen and oxygen atoms in total. The van der Waals surface area contributed by atoms with Crippen LogP contribution >= 0.6 is 0 Å². The van der Waals surface area contributed by atoms with Crippen molar-refractivity contribution >= 4 is 11.9 Å². The Kier molecular flexibility index (Phi) is 4.92. The lowest BCUT2D eigenvalue weighted by Crippen LogP contribution is -2.29. The molecule has 1 atom stereocenters. The van der Waals surface area contributed by atoms with E-state index in [0.29, 0.717) is 11.1 Å². The van der Waals surface area contributed by atoms with E-state index >= 15 is 0 Å². The molecule has 0 bridgehead atoms. The van der Waals surface area contributed by atoms with Crippen LogP contribution in [0, 0.1) is 11.6 Å². The van der Waals surface area contributed by atoms with Crippen molar-refractivity contribution in [2.75, 3.05) is 13.2 Å². The van der Waals surface area contributed by atoms with Crippen LogP contribution < -0.4 is 10.1 Å². The van der Waals surface area contributed by atoms with E-state index in [9.17, 15) is 18.4 Å². The van der Waals surface area contributed by atoms with E-state index < -0.39 is 23.7 Å². The first kappa shape index (κ1) is 16.9. The van der Waals surface area contributed by atoms with Crippen molar-refractivity contribution in [3.63, 3.8) is 0 Å². The molecule has 0 saturated carbocycles. The topological polar surface area (TPSA) is 64.6 Å². The van der Waals surface area contributed by atoms with Gasteiger partial charge in [0, 0.05) is 11.6 Å². The van der Waals surface area contributed by atoms with Gasteiger partial charge in [0.15, 0.2) is 11.6 Å². The molecule has 0 saturated heterocycles. The molecule has 0 aromatic heterocycles. The highest BCUT2D eigenvalue weighted by atomic mass is 19.2. The second-order valence-corrected chi connectivity index (χ2v) is 5.46. The molecule has 0 fully saturated rings. The van der Waals surface area contributed by atoms with Gasteiger partial charge in [-0.05, 0) is 18.2 Å². The van der Waals surface area contributed by atoms with E-state index in [2.05, 4.69) is 5.32 Å². The average molecular weight is 347 g/mol. The second kappa shape index (κ2) is 7.29. The van der Waals surface area contributed by atoms with Crippen LogP contribution in [0.15, 0.2) is 42.5 Å². The summed E-state index contributed by atoms with van der Waals surface area (Å²) in [5, 5.41) is 2.63. The molecule has 1 heterocycles. The standard InChI is InChI=1S/C18H15F2NO4/c19-14-6-5-11(9-15(14)20)24-8-7-21-17(22)10-16-12-3-1-2-4-13(12)18(23)25-16/h1-6,9,16H,7-8,10H2,(H,21,22)/t16-/m1/s1. The number of cyclic esters (lactones) is 1. The van der Waals surface area contributed by atoms with Crippen molar-refractivity contribution in [1.29, 1.82) is 0 Å². The molecule has 130 valence electrons. The van der Waals surface area contributed by atoms with Crippen molar-refractivity contribution in [3.05, 3.63) is 65.2 Å². The number of nitrogens with one attached hydrogen (secondary N) is 1. The minimum Gasteiger partial charge on any atom is -0.492 e. The number of hydrogen-bond acceptors (Lipinski definition) is 4. The zero-order valence-electron chi connectivity index (χ0n) is 13.1. The molecule has 1 aliphatic heterocycles. The minimum absolute atomic E-state index is 0.00787. The number of amides is 1. The summed E-state index contributed by atoms with van der Waals surface area (Å²) in [6, 6.07) is 10.1. The van der Waals surface area contributed by atoms with E-state index in [1.807, 2.05) is 0 Å². The number of benzene rings is 2. The van der Waals surface area contributed by atoms with Crippen LogP contribution in [-0.2, 0) is 9.53 Å². The van der Waals surface area contributed by atoms with Gasteiger partial charge < -0.3 is 14.8 Å². The van der Waals surface area contributed by atoms with Crippen molar-refractivity contribution in [2.24, 2.45) is 0 Å². The number of hydrogen-bond donors (Lipinski definition) is 1. The lowest BCUT2D eigenvalue weighted by atomic mass is 10.0. The molecule has 25 heavy (non-hydrogen) atoms. The lowest BCUT2D eigenvalue weighted by Gasteiger charge is -2.11. The largest absolute Gasteiger partial charge is 0.492 e. The normalized spacial score (nSPS) is 15.4. The Morgan fingerprint density at radius 2 is 1.96 bits per heavy atom. The van der Waals surface area contributed by atoms with Crippen LogP contribution in [0.3, 0.4) is 0 Å². The molecular formula is C18H15F2NO4. The fourth-order valence-electron chi connectivity index (χ4n) is 2.54. The van der Waals surface area contributed by atoms with E-state index in [1.54, 1.807) is 24.3 Å². The Morgan fingerprint density at radius 1 is 1.16 bits per heavy atom. The molecule has 7 heteroatoms. The van der Waals surface area contributed by atoms with E-state index in [0.717, 1.165) is 12.1 Å². The molecule has 2 aromatic carbocycles. The fourth-order valence-corrected chi connectivity index (χ4v) is 2.54. The Hall–Kier alpha value is -2.96. The first-order chi connectivity index (χ1) is 12.0. The predicted octanol–water partition coefficient (Wildman–Crippen LogP) is 2.76. The monoisotopic (exact) mass is 347 g/mol. The number of halogens is 2. The highest BCUT2D eigenvalue weighted by Gasteiger charge is 2.31. The minimum atomic E-state index is -0.997. The number of fused-ring (bicyclic) bond motifs is 1. The van der Waals surface area contributed by atoms with Crippen LogP contribution in [0.1, 0.15) is 28.4 Å². The highest BCUT2D eigenvalue weighted by Crippen LogP contribution is 2.32. The summed E-state index contributed by atoms with van der Waals surface area (Å²) in [4.78, 5) is 23.7. The molecule has 0 unspecified atom stereocenters. The highest BCUT2D eigenvalue weighted by molar-refractivity contribution is 5.94. The molecule has 1 N–H and O–H groups in total. The number of esters is 1. The first-order valence-corrected chi connectivity index (χ1v) is 7.69. The molecule has 1 amide bonds. The molecule has 2 aromatic rings. The van der Waals surface area contributed by atoms with Crippen LogP contribution in [0.4, 0.5) is 8.78 Å². The summed E-state index contributed by atoms with van der Waals surface area (Å²) in [5.74, 6) is -2.51. The molecule has 0 spiro atoms. The molecule has 1 aliphatic rings. The molecule has 0 aliphatic carbocycles. The Bertz CT molecular complexity index is 809. The second-order valence-electron chi connectivity index (χ2n) is 5.46. The van der Waals surface area contributed by atoms with Gasteiger partial charge in [-0.25, -0.2) is 13.6 Å². The van der Waals surface area contributed by atoms with Crippen molar-refractivity contribution in [2.45, 2.75) is 12.5 Å². The smallest absolute Gasteiger partial charge is 0.339 e. The summed E-state index contributed by atoms with van der Waals surface area (Å²) < 4.78 is 36.2. The van der Waals surface area contributed by atoms with Gasteiger partial charge in [0.05, 0.1) is 18.5 Å². The van der Waals surface area contributed by atoms with E-state index in [-0.39, 0.29) is 31.2 Å². The summed E-state index contributed by atoms with van der Waals surface area (Å²) >= 11 is 0. The molecule has 0 radical (unpaired) electrons. The average Bonchev–Trinajstić information content (AvgIpc) is 2.91. The van der Waals surface area contributed by atoms with E-state index in [4.69, 9.17) is 9.47 Å². The van der Waals surface area contributed by atoms with Gasteiger partial charge in [0.1, 0.15) is 18.5 Å². The van der Waals surface area contributed by atoms with Gasteiger partial charge in [-0.1, -0.05) is 18.2 Å². The van der Waals surface area contributed by atoms with Crippen LogP contribution in [0.25, 0.3) is 0 Å². The third kappa shape index (κ3) is 3.93. The summed E-state index contributed by atoms with van der Waals surface area (Å²) in [6.45, 7) is 0.276. The molecular weight excluding hydrogens is 332 g/mol. The number of rotatable bonds is 6. The van der Waals surface area contributed by atoms with Crippen LogP contribution in [0.5, 0.6) is 5.75 Å². The van der Waals surface area contributed by atoms with Crippen molar-refractivity contribution in [1.82, 2.24) is 5.32 Å². The maximum absolute atomic E-state index is 13.0. The maximum Gasteiger partial charge on any atom is 0.339 e. The summed E-state index contributed by atoms with van der Waals surface area (Å²) in [5.41, 5.74) is 1.17. The summed E-state index contributed by atoms with van der Waals surface area (Å²) in [7, 11) is 0. The first-order valence-electron chi connectivity index (χ1n) is 7.69. The van der Waals surface area contributed by atoms with Gasteiger partial charge in [0.2, 0.25) is 5.91 Å². The third-order valence-electron chi connectivity index (χ3n) is 3.73. The van der Waals surface area contributed by atoms with Gasteiger partial charge >= 0.3 is 5.97 Å². The van der Waals surface area contributed by atoms with Crippen molar-refractivity contribution in [3.8, 4) is 5.75 Å². The number of ether oxygens (including phenoxy) is 2. The van der Waals surface area contributed by atoms with Gasteiger partial charge in [-0.15, -0.1) is 0 Å². The molecule has 3 rings (SSSR count). The van der Waals surface area contributed by atoms with Crippen LogP contribution in [0.2, 0.25) is 0 Å². The number of carbonyl (C=O) groups excluding carboxylic acids is 2. The zero-order chi connectivity index (χ0) is 17.8. The van der Waals surface area contributed by atoms with Gasteiger partial charge in [0.25, 0.3) is 0 Å². The quantitative estimate of drug-likeness (QED) is 0.645. The Labute approximate surface area is 142 Å². The van der Waals surface area contributed by atoms with E-state index in [1.165, 1.54) is 6.07 Å². The van der Waals surface area contributed by atoms with Crippen LogP contribution in [-0.4, -0.2) is 25.0 Å². The third-order valence-corrected chi connectivity index (χ3v) is 3.73. The Balaban J connectivity index is 1.44. The predicted molar refractivity (Wildman–Crippen MR) is 84.1 cm³/mol. The van der Waals surface area contributed by atoms with Crippen molar-refractivity contribution < 1.29 is 27.8 Å². The zero-order valence-corrected chi connectivity index (χ0v) is 13.1. The summed E-state index contributed by atoms with van der Waals surface area (Å²) in [6.07, 6.45) is -0.593. The SMILES string of the molecule is O=C(C[C@H]1OC(=O)c2ccccc21)NCCOc1ccc(F)c(F)c1. The number of carbonyl (C=O) groups is 2.